The van der Waals surface area contributed by atoms with Crippen LogP contribution in [0.25, 0.3) is 88.4 Å². The van der Waals surface area contributed by atoms with E-state index in [1.54, 1.807) is 22.8 Å². The molecule has 8 aromatic carbocycles. The Labute approximate surface area is 345 Å². The van der Waals surface area contributed by atoms with E-state index in [1.807, 2.05) is 60.7 Å². The van der Waals surface area contributed by atoms with Gasteiger partial charge in [0.25, 0.3) is 0 Å². The van der Waals surface area contributed by atoms with Crippen molar-refractivity contribution in [3.63, 3.8) is 0 Å². The lowest BCUT2D eigenvalue weighted by molar-refractivity contribution is -0.137. The zero-order valence-electron chi connectivity index (χ0n) is 33.5. The van der Waals surface area contributed by atoms with Gasteiger partial charge in [0.2, 0.25) is 0 Å². The summed E-state index contributed by atoms with van der Waals surface area (Å²) >= 11 is 0. The zero-order chi connectivity index (χ0) is 41.4. The monoisotopic (exact) mass is 785 g/mol. The summed E-state index contributed by atoms with van der Waals surface area (Å²) in [6, 6.07) is 53.0. The quantitative estimate of drug-likeness (QED) is 0.171. The van der Waals surface area contributed by atoms with Crippen LogP contribution in [-0.2, 0) is 6.18 Å². The molecule has 10 aromatic rings. The standard InChI is InChI=1S/C54H38F3N3/c1-32-16-21-39(34(3)26-32)37-19-24-51-45(29-37)41-10-5-7-14-48(41)59(51)50-23-18-36(31-58)28-44(50)43-12-9-13-47(54(55,56)57)53(43)60-49-15-8-6-11-42(49)46-30-38(20-25-52(46)60)40-22-17-33(2)27-35(40)4/h5-30H,1-4H3. The van der Waals surface area contributed by atoms with Gasteiger partial charge in [-0.25, -0.2) is 0 Å². The van der Waals surface area contributed by atoms with E-state index in [4.69, 9.17) is 0 Å². The molecule has 0 aliphatic rings. The fraction of sp³-hybridized carbons (Fsp3) is 0.0926. The second-order valence-corrected chi connectivity index (χ2v) is 15.8. The molecule has 0 aliphatic carbocycles. The Morgan fingerprint density at radius 1 is 0.450 bits per heavy atom. The van der Waals surface area contributed by atoms with Crippen molar-refractivity contribution < 1.29 is 13.2 Å². The maximum absolute atomic E-state index is 15.6. The third-order valence-corrected chi connectivity index (χ3v) is 12.0. The molecular weight excluding hydrogens is 748 g/mol. The molecule has 0 fully saturated rings. The van der Waals surface area contributed by atoms with Crippen LogP contribution in [-0.4, -0.2) is 9.13 Å². The SMILES string of the molecule is Cc1ccc(-c2ccc3c(c2)c2ccccc2n3-c2ccc(C#N)cc2-c2cccc(C(F)(F)F)c2-n2c3ccccc3c3cc(-c4ccc(C)cc4C)ccc32)c(C)c1. The molecule has 2 heterocycles. The van der Waals surface area contributed by atoms with Crippen molar-refractivity contribution in [2.75, 3.05) is 0 Å². The molecule has 10 rings (SSSR count). The molecule has 0 saturated carbocycles. The van der Waals surface area contributed by atoms with Gasteiger partial charge in [-0.05, 0) is 122 Å². The first-order valence-corrected chi connectivity index (χ1v) is 20.0. The number of para-hydroxylation sites is 3. The number of alkyl halides is 3. The Hall–Kier alpha value is -7.36. The molecule has 0 N–H and O–H groups in total. The van der Waals surface area contributed by atoms with Gasteiger partial charge in [0, 0.05) is 32.7 Å². The minimum atomic E-state index is -4.70. The van der Waals surface area contributed by atoms with Crippen molar-refractivity contribution in [2.24, 2.45) is 0 Å². The van der Waals surface area contributed by atoms with Crippen LogP contribution in [0.15, 0.2) is 158 Å². The van der Waals surface area contributed by atoms with Crippen LogP contribution in [0.5, 0.6) is 0 Å². The van der Waals surface area contributed by atoms with Crippen molar-refractivity contribution in [2.45, 2.75) is 33.9 Å². The van der Waals surface area contributed by atoms with Gasteiger partial charge in [-0.3, -0.25) is 0 Å². The lowest BCUT2D eigenvalue weighted by Gasteiger charge is -2.22. The summed E-state index contributed by atoms with van der Waals surface area (Å²) in [7, 11) is 0. The predicted molar refractivity (Wildman–Crippen MR) is 240 cm³/mol. The molecule has 0 bridgehead atoms. The predicted octanol–water partition coefficient (Wildman–Crippen LogP) is 15.0. The van der Waals surface area contributed by atoms with Gasteiger partial charge >= 0.3 is 6.18 Å². The number of hydrogen-bond donors (Lipinski definition) is 0. The summed E-state index contributed by atoms with van der Waals surface area (Å²) in [6.07, 6.45) is -4.70. The van der Waals surface area contributed by atoms with Crippen molar-refractivity contribution in [3.05, 3.63) is 191 Å². The van der Waals surface area contributed by atoms with Crippen LogP contribution in [0.2, 0.25) is 0 Å². The van der Waals surface area contributed by atoms with E-state index in [0.29, 0.717) is 33.4 Å². The van der Waals surface area contributed by atoms with Crippen LogP contribution in [0.3, 0.4) is 0 Å². The van der Waals surface area contributed by atoms with Crippen LogP contribution >= 0.6 is 0 Å². The van der Waals surface area contributed by atoms with Gasteiger partial charge in [0.15, 0.2) is 0 Å². The van der Waals surface area contributed by atoms with E-state index < -0.39 is 11.7 Å². The number of halogens is 3. The first-order chi connectivity index (χ1) is 29.0. The summed E-state index contributed by atoms with van der Waals surface area (Å²) in [6.45, 7) is 8.34. The molecule has 0 atom stereocenters. The molecule has 0 amide bonds. The van der Waals surface area contributed by atoms with Crippen molar-refractivity contribution in [3.8, 4) is 50.8 Å². The third-order valence-electron chi connectivity index (χ3n) is 12.0. The van der Waals surface area contributed by atoms with Crippen molar-refractivity contribution >= 4 is 43.6 Å². The molecular formula is C54H38F3N3. The van der Waals surface area contributed by atoms with Gasteiger partial charge in [-0.1, -0.05) is 108 Å². The lowest BCUT2D eigenvalue weighted by Crippen LogP contribution is -2.12. The van der Waals surface area contributed by atoms with Gasteiger partial charge in [0.05, 0.1) is 50.6 Å². The van der Waals surface area contributed by atoms with Gasteiger partial charge in [-0.2, -0.15) is 18.4 Å². The average molecular weight is 786 g/mol. The summed E-state index contributed by atoms with van der Waals surface area (Å²) in [5, 5.41) is 14.0. The highest BCUT2D eigenvalue weighted by molar-refractivity contribution is 6.13. The fourth-order valence-electron chi connectivity index (χ4n) is 9.30. The van der Waals surface area contributed by atoms with Gasteiger partial charge < -0.3 is 9.13 Å². The van der Waals surface area contributed by atoms with Crippen LogP contribution < -0.4 is 0 Å². The van der Waals surface area contributed by atoms with Crippen LogP contribution in [0, 0.1) is 39.0 Å². The number of rotatable bonds is 5. The molecule has 0 unspecified atom stereocenters. The topological polar surface area (TPSA) is 33.6 Å². The average Bonchev–Trinajstić information content (AvgIpc) is 3.75. The van der Waals surface area contributed by atoms with E-state index in [0.717, 1.165) is 72.0 Å². The molecule has 3 nitrogen and oxygen atoms in total. The molecule has 0 aliphatic heterocycles. The Kier molecular flexibility index (Phi) is 8.55. The van der Waals surface area contributed by atoms with E-state index in [9.17, 15) is 5.26 Å². The maximum Gasteiger partial charge on any atom is 0.418 e. The highest BCUT2D eigenvalue weighted by atomic mass is 19.4. The summed E-state index contributed by atoms with van der Waals surface area (Å²) in [4.78, 5) is 0. The van der Waals surface area contributed by atoms with Crippen molar-refractivity contribution in [1.82, 2.24) is 9.13 Å². The molecule has 6 heteroatoms. The second kappa shape index (κ2) is 13.9. The number of nitriles is 1. The molecule has 0 radical (unpaired) electrons. The molecule has 60 heavy (non-hydrogen) atoms. The second-order valence-electron chi connectivity index (χ2n) is 15.8. The number of benzene rings is 8. The minimum Gasteiger partial charge on any atom is -0.309 e. The Balaban J connectivity index is 1.27. The van der Waals surface area contributed by atoms with E-state index in [1.165, 1.54) is 17.2 Å². The first kappa shape index (κ1) is 36.9. The Morgan fingerprint density at radius 2 is 0.983 bits per heavy atom. The Bertz CT molecular complexity index is 3430. The molecule has 0 spiro atoms. The van der Waals surface area contributed by atoms with Crippen LogP contribution in [0.1, 0.15) is 33.4 Å². The van der Waals surface area contributed by atoms with Gasteiger partial charge in [-0.15, -0.1) is 0 Å². The first-order valence-electron chi connectivity index (χ1n) is 20.0. The zero-order valence-corrected chi connectivity index (χ0v) is 33.5. The van der Waals surface area contributed by atoms with E-state index in [-0.39, 0.29) is 5.69 Å². The van der Waals surface area contributed by atoms with E-state index in [2.05, 4.69) is 105 Å². The lowest BCUT2D eigenvalue weighted by atomic mass is 9.95. The summed E-state index contributed by atoms with van der Waals surface area (Å²) in [5.74, 6) is 0. The number of nitrogens with zero attached hydrogens (tertiary/aromatic N) is 3. The van der Waals surface area contributed by atoms with Crippen LogP contribution in [0.4, 0.5) is 13.2 Å². The van der Waals surface area contributed by atoms with E-state index >= 15 is 13.2 Å². The van der Waals surface area contributed by atoms with Crippen molar-refractivity contribution in [1.29, 1.82) is 5.26 Å². The smallest absolute Gasteiger partial charge is 0.309 e. The number of fused-ring (bicyclic) bond motifs is 6. The summed E-state index contributed by atoms with van der Waals surface area (Å²) in [5.41, 5.74) is 13.1. The highest BCUT2D eigenvalue weighted by Crippen LogP contribution is 2.46. The molecule has 290 valence electrons. The number of hydrogen-bond acceptors (Lipinski definition) is 1. The summed E-state index contributed by atoms with van der Waals surface area (Å²) < 4.78 is 50.7. The molecule has 0 saturated heterocycles. The number of aromatic nitrogens is 2. The third kappa shape index (κ3) is 5.88. The number of aryl methyl sites for hydroxylation is 4. The Morgan fingerprint density at radius 3 is 1.53 bits per heavy atom. The largest absolute Gasteiger partial charge is 0.418 e. The highest BCUT2D eigenvalue weighted by Gasteiger charge is 2.36. The maximum atomic E-state index is 15.6. The fourth-order valence-corrected chi connectivity index (χ4v) is 9.30. The van der Waals surface area contributed by atoms with Gasteiger partial charge in [0.1, 0.15) is 0 Å². The minimum absolute atomic E-state index is 0.00436. The normalized spacial score (nSPS) is 11.9. The molecule has 2 aromatic heterocycles.